The van der Waals surface area contributed by atoms with E-state index in [9.17, 15) is 4.39 Å². The molecule has 1 aliphatic heterocycles. The average molecular weight is 292 g/mol. The monoisotopic (exact) mass is 292 g/mol. The van der Waals surface area contributed by atoms with Crippen molar-refractivity contribution in [2.45, 2.75) is 39.2 Å². The molecule has 1 heterocycles. The molecule has 1 aromatic rings. The van der Waals surface area contributed by atoms with Crippen molar-refractivity contribution in [3.63, 3.8) is 0 Å². The van der Waals surface area contributed by atoms with Crippen LogP contribution in [0.4, 0.5) is 4.39 Å². The van der Waals surface area contributed by atoms with E-state index in [2.05, 4.69) is 24.1 Å². The first kappa shape index (κ1) is 16.4. The van der Waals surface area contributed by atoms with E-state index in [0.29, 0.717) is 5.92 Å². The number of nitrogens with zero attached hydrogens (tertiary/aromatic N) is 1. The molecule has 1 aromatic carbocycles. The lowest BCUT2D eigenvalue weighted by molar-refractivity contribution is 0.217. The number of rotatable bonds is 5. The summed E-state index contributed by atoms with van der Waals surface area (Å²) in [6.07, 6.45) is 3.92. The summed E-state index contributed by atoms with van der Waals surface area (Å²) in [4.78, 5) is 2.55. The molecule has 2 rings (SSSR count). The van der Waals surface area contributed by atoms with Crippen LogP contribution < -0.4 is 5.32 Å². The van der Waals surface area contributed by atoms with Crippen molar-refractivity contribution in [2.75, 3.05) is 26.7 Å². The summed E-state index contributed by atoms with van der Waals surface area (Å²) in [5.41, 5.74) is 0.788. The molecule has 0 spiro atoms. The Bertz CT molecular complexity index is 435. The van der Waals surface area contributed by atoms with Crippen molar-refractivity contribution in [3.8, 4) is 0 Å². The predicted molar refractivity (Wildman–Crippen MR) is 86.8 cm³/mol. The van der Waals surface area contributed by atoms with E-state index in [1.807, 2.05) is 19.2 Å². The summed E-state index contributed by atoms with van der Waals surface area (Å²) in [5.74, 6) is 1.13. The first-order valence-corrected chi connectivity index (χ1v) is 8.26. The first-order valence-electron chi connectivity index (χ1n) is 8.26. The Kier molecular flexibility index (Phi) is 6.19. The zero-order chi connectivity index (χ0) is 15.2. The van der Waals surface area contributed by atoms with Crippen molar-refractivity contribution in [1.29, 1.82) is 0 Å². The maximum Gasteiger partial charge on any atom is 0.127 e. The van der Waals surface area contributed by atoms with E-state index in [1.54, 1.807) is 12.1 Å². The molecule has 0 amide bonds. The smallest absolute Gasteiger partial charge is 0.127 e. The Morgan fingerprint density at radius 3 is 2.76 bits per heavy atom. The number of hydrogen-bond donors (Lipinski definition) is 1. The van der Waals surface area contributed by atoms with E-state index in [-0.39, 0.29) is 11.9 Å². The maximum atomic E-state index is 14.0. The lowest BCUT2D eigenvalue weighted by Gasteiger charge is -2.30. The number of halogens is 1. The van der Waals surface area contributed by atoms with Gasteiger partial charge >= 0.3 is 0 Å². The molecule has 1 saturated heterocycles. The van der Waals surface area contributed by atoms with Gasteiger partial charge in [-0.15, -0.1) is 0 Å². The van der Waals surface area contributed by atoms with Gasteiger partial charge in [-0.3, -0.25) is 0 Å². The molecule has 0 aromatic heterocycles. The van der Waals surface area contributed by atoms with Gasteiger partial charge in [0.05, 0.1) is 0 Å². The Morgan fingerprint density at radius 2 is 2.05 bits per heavy atom. The van der Waals surface area contributed by atoms with Gasteiger partial charge in [-0.05, 0) is 57.3 Å². The molecule has 1 N–H and O–H groups in total. The molecule has 0 radical (unpaired) electrons. The quantitative estimate of drug-likeness (QED) is 0.887. The molecule has 0 aliphatic carbocycles. The van der Waals surface area contributed by atoms with Gasteiger partial charge in [0.1, 0.15) is 5.82 Å². The van der Waals surface area contributed by atoms with Crippen LogP contribution in [0.25, 0.3) is 0 Å². The third-order valence-electron chi connectivity index (χ3n) is 4.78. The van der Waals surface area contributed by atoms with Crippen molar-refractivity contribution in [1.82, 2.24) is 10.2 Å². The highest BCUT2D eigenvalue weighted by Crippen LogP contribution is 2.26. The molecule has 1 fully saturated rings. The van der Waals surface area contributed by atoms with E-state index in [1.165, 1.54) is 32.4 Å². The van der Waals surface area contributed by atoms with Crippen molar-refractivity contribution in [2.24, 2.45) is 11.8 Å². The van der Waals surface area contributed by atoms with Gasteiger partial charge in [-0.25, -0.2) is 4.39 Å². The van der Waals surface area contributed by atoms with Gasteiger partial charge in [0.15, 0.2) is 0 Å². The van der Waals surface area contributed by atoms with Crippen LogP contribution in [0.3, 0.4) is 0 Å². The Hall–Kier alpha value is -0.930. The van der Waals surface area contributed by atoms with Crippen molar-refractivity contribution in [3.05, 3.63) is 35.6 Å². The van der Waals surface area contributed by atoms with Crippen molar-refractivity contribution < 1.29 is 4.39 Å². The lowest BCUT2D eigenvalue weighted by Crippen LogP contribution is -2.35. The predicted octanol–water partition coefficient (Wildman–Crippen LogP) is 3.84. The minimum absolute atomic E-state index is 0.0758. The minimum atomic E-state index is -0.104. The van der Waals surface area contributed by atoms with E-state index in [4.69, 9.17) is 0 Å². The summed E-state index contributed by atoms with van der Waals surface area (Å²) in [6.45, 7) is 7.97. The number of benzene rings is 1. The third kappa shape index (κ3) is 4.52. The highest BCUT2D eigenvalue weighted by molar-refractivity contribution is 5.21. The van der Waals surface area contributed by atoms with Crippen LogP contribution in [0.2, 0.25) is 0 Å². The Morgan fingerprint density at radius 1 is 1.29 bits per heavy atom. The molecular weight excluding hydrogens is 263 g/mol. The van der Waals surface area contributed by atoms with Crippen LogP contribution in [-0.2, 0) is 0 Å². The van der Waals surface area contributed by atoms with Crippen LogP contribution in [-0.4, -0.2) is 31.6 Å². The Balaban J connectivity index is 2.00. The highest BCUT2D eigenvalue weighted by atomic mass is 19.1. The van der Waals surface area contributed by atoms with Crippen LogP contribution in [0.5, 0.6) is 0 Å². The van der Waals surface area contributed by atoms with Gasteiger partial charge in [0.2, 0.25) is 0 Å². The van der Waals surface area contributed by atoms with Crippen LogP contribution >= 0.6 is 0 Å². The molecule has 21 heavy (non-hydrogen) atoms. The third-order valence-corrected chi connectivity index (χ3v) is 4.78. The van der Waals surface area contributed by atoms with Crippen LogP contribution in [0.1, 0.15) is 44.7 Å². The summed E-state index contributed by atoms with van der Waals surface area (Å²) >= 11 is 0. The highest BCUT2D eigenvalue weighted by Gasteiger charge is 2.23. The zero-order valence-corrected chi connectivity index (χ0v) is 13.6. The number of likely N-dealkylation sites (tertiary alicyclic amines) is 1. The van der Waals surface area contributed by atoms with Crippen LogP contribution in [0.15, 0.2) is 24.3 Å². The Labute approximate surface area is 128 Å². The fraction of sp³-hybridized carbons (Fsp3) is 0.667. The van der Waals surface area contributed by atoms with Gasteiger partial charge < -0.3 is 10.2 Å². The molecule has 3 heteroatoms. The minimum Gasteiger partial charge on any atom is -0.313 e. The summed E-state index contributed by atoms with van der Waals surface area (Å²) in [7, 11) is 1.93. The molecular formula is C18H29FN2. The average Bonchev–Trinajstić information content (AvgIpc) is 2.67. The molecule has 3 unspecified atom stereocenters. The molecule has 2 nitrogen and oxygen atoms in total. The second kappa shape index (κ2) is 7.90. The lowest BCUT2D eigenvalue weighted by atomic mass is 9.93. The maximum absolute atomic E-state index is 14.0. The van der Waals surface area contributed by atoms with Gasteiger partial charge in [-0.1, -0.05) is 32.0 Å². The second-order valence-corrected chi connectivity index (χ2v) is 6.60. The van der Waals surface area contributed by atoms with E-state index in [0.717, 1.165) is 18.0 Å². The molecule has 3 atom stereocenters. The van der Waals surface area contributed by atoms with Crippen molar-refractivity contribution >= 4 is 0 Å². The van der Waals surface area contributed by atoms with E-state index < -0.39 is 0 Å². The fourth-order valence-electron chi connectivity index (χ4n) is 3.49. The molecule has 0 saturated carbocycles. The van der Waals surface area contributed by atoms with Gasteiger partial charge in [-0.2, -0.15) is 0 Å². The number of nitrogens with one attached hydrogen (secondary N) is 1. The fourth-order valence-corrected chi connectivity index (χ4v) is 3.49. The van der Waals surface area contributed by atoms with E-state index >= 15 is 0 Å². The first-order chi connectivity index (χ1) is 10.1. The van der Waals surface area contributed by atoms with Gasteiger partial charge in [0.25, 0.3) is 0 Å². The standard InChI is InChI=1S/C18H29FN2/c1-14-7-6-11-21(12-10-14)13-15(2)18(20-3)16-8-4-5-9-17(16)19/h4-5,8-9,14-15,18,20H,6-7,10-13H2,1-3H3. The molecule has 1 aliphatic rings. The summed E-state index contributed by atoms with van der Waals surface area (Å²) in [6, 6.07) is 7.21. The SMILES string of the molecule is CNC(c1ccccc1F)C(C)CN1CCCC(C)CC1. The topological polar surface area (TPSA) is 15.3 Å². The van der Waals surface area contributed by atoms with Crippen LogP contribution in [0, 0.1) is 17.7 Å². The zero-order valence-electron chi connectivity index (χ0n) is 13.6. The normalized spacial score (nSPS) is 23.5. The molecule has 0 bridgehead atoms. The molecule has 118 valence electrons. The summed E-state index contributed by atoms with van der Waals surface area (Å²) < 4.78 is 14.0. The summed E-state index contributed by atoms with van der Waals surface area (Å²) in [5, 5.41) is 3.31. The second-order valence-electron chi connectivity index (χ2n) is 6.60. The largest absolute Gasteiger partial charge is 0.313 e. The number of hydrogen-bond acceptors (Lipinski definition) is 2. The van der Waals surface area contributed by atoms with Gasteiger partial charge in [0, 0.05) is 18.2 Å².